The minimum atomic E-state index is 0.617. The van der Waals surface area contributed by atoms with Crippen LogP contribution >= 0.6 is 0 Å². The maximum absolute atomic E-state index is 5.89. The maximum Gasteiger partial charge on any atom is 0.0514 e. The number of H-pyrrole nitrogens is 1. The van der Waals surface area contributed by atoms with Crippen LogP contribution in [0.2, 0.25) is 0 Å². The van der Waals surface area contributed by atoms with Gasteiger partial charge in [0.1, 0.15) is 0 Å². The van der Waals surface area contributed by atoms with E-state index in [4.69, 9.17) is 11.6 Å². The van der Waals surface area contributed by atoms with E-state index in [-0.39, 0.29) is 0 Å². The number of nitrogen functional groups attached to an aromatic ring is 2. The second kappa shape index (κ2) is 21.1. The van der Waals surface area contributed by atoms with Gasteiger partial charge in [-0.1, -0.05) is 102 Å². The number of aromatic nitrogens is 9. The Morgan fingerprint density at radius 2 is 0.971 bits per heavy atom. The normalized spacial score (nSPS) is 8.24. The van der Waals surface area contributed by atoms with Gasteiger partial charge in [0.15, 0.2) is 0 Å². The van der Waals surface area contributed by atoms with Gasteiger partial charge >= 0.3 is 0 Å². The lowest BCUT2D eigenvalue weighted by Gasteiger charge is -1.84. The Bertz CT molecular complexity index is 1040. The number of nitrogens with one attached hydrogen (secondary N) is 1. The molecule has 1 aromatic rings. The number of rotatable bonds is 0. The summed E-state index contributed by atoms with van der Waals surface area (Å²) < 4.78 is 0. The minimum absolute atomic E-state index is 0.617. The number of hydrogen-bond donors (Lipinski definition) is 3. The van der Waals surface area contributed by atoms with E-state index in [1.54, 1.807) is 48.5 Å². The molecule has 0 fully saturated rings. The lowest BCUT2D eigenvalue weighted by Crippen LogP contribution is -2.17. The summed E-state index contributed by atoms with van der Waals surface area (Å²) in [6.45, 7) is 0. The van der Waals surface area contributed by atoms with Gasteiger partial charge in [0.2, 0.25) is 0 Å². The van der Waals surface area contributed by atoms with Crippen molar-refractivity contribution in [2.45, 2.75) is 0 Å². The van der Waals surface area contributed by atoms with Gasteiger partial charge < -0.3 is 11.6 Å². The van der Waals surface area contributed by atoms with Crippen LogP contribution in [-0.2, 0) is 0 Å². The maximum atomic E-state index is 5.89. The van der Waals surface area contributed by atoms with Crippen LogP contribution in [0.1, 0.15) is 0 Å². The topological polar surface area (TPSA) is 163 Å². The first kappa shape index (κ1) is 26.8. The third-order valence-corrected chi connectivity index (χ3v) is 3.14. The summed E-state index contributed by atoms with van der Waals surface area (Å²) in [6.07, 6.45) is 2.91. The fraction of sp³-hybridized carbons (Fsp3) is 0. The first-order valence-corrected chi connectivity index (χ1v) is 9.95. The fourth-order valence-electron chi connectivity index (χ4n) is 1.73. The van der Waals surface area contributed by atoms with Gasteiger partial charge in [0.25, 0.3) is 0 Å². The molecule has 0 saturated heterocycles. The lowest BCUT2D eigenvalue weighted by molar-refractivity contribution is 0.543. The molecule has 11 nitrogen and oxygen atoms in total. The molecule has 0 aliphatic rings. The predicted molar refractivity (Wildman–Crippen MR) is 131 cm³/mol. The molecule has 1 heterocycles. The van der Waals surface area contributed by atoms with Crippen LogP contribution in [0.5, 0.6) is 0 Å². The average Bonchev–Trinajstić information content (AvgIpc) is 2.83. The fourth-order valence-corrected chi connectivity index (χ4v) is 1.73. The molecule has 34 heavy (non-hydrogen) atoms. The number of nitrogens with two attached hydrogens (primary N) is 2. The largest absolute Gasteiger partial charge is 0.399 e. The molecule has 5 N–H and O–H groups in total. The van der Waals surface area contributed by atoms with E-state index in [9.17, 15) is 0 Å². The van der Waals surface area contributed by atoms with Gasteiger partial charge in [-0.15, -0.1) is 5.10 Å². The summed E-state index contributed by atoms with van der Waals surface area (Å²) in [4.78, 5) is 0.745. The Balaban J connectivity index is 3.14. The molecular weight excluding hydrogens is 430 g/mol. The van der Waals surface area contributed by atoms with Crippen molar-refractivity contribution >= 4 is 5.69 Å². The standard InChI is InChI=1S/C23H27N11/c24-23-19-15-11-9-7-5-3-1-2-4-6-8-10-13-18-22-27-32-34(25)33-31-30-29-28-26-21-17-14-12-16-20-23/h1-22,32H,24-25H2. The lowest BCUT2D eigenvalue weighted by atomic mass is 10.4. The van der Waals surface area contributed by atoms with Crippen molar-refractivity contribution in [3.63, 3.8) is 0 Å². The van der Waals surface area contributed by atoms with Gasteiger partial charge in [-0.3, -0.25) is 0 Å². The Kier molecular flexibility index (Phi) is 16.6. The molecule has 174 valence electrons. The Labute approximate surface area is 197 Å². The van der Waals surface area contributed by atoms with E-state index >= 15 is 0 Å². The van der Waals surface area contributed by atoms with Gasteiger partial charge in [-0.25, -0.2) is 0 Å². The first-order chi connectivity index (χ1) is 16.8. The van der Waals surface area contributed by atoms with E-state index in [0.29, 0.717) is 5.69 Å². The van der Waals surface area contributed by atoms with Crippen molar-refractivity contribution in [1.29, 1.82) is 0 Å². The molecule has 1 aromatic heterocycles. The number of hydrogen-bond acceptors (Lipinski definition) is 9. The first-order valence-electron chi connectivity index (χ1n) is 9.95. The number of nitrogens with zero attached hydrogens (tertiary/aromatic N) is 8. The van der Waals surface area contributed by atoms with E-state index in [0.717, 1.165) is 4.91 Å². The molecule has 0 saturated carbocycles. The summed E-state index contributed by atoms with van der Waals surface area (Å²) in [5, 5.41) is 26.6. The second-order valence-electron chi connectivity index (χ2n) is 5.73. The predicted octanol–water partition coefficient (Wildman–Crippen LogP) is 2.75. The summed E-state index contributed by atoms with van der Waals surface area (Å²) in [5.74, 6) is 5.46. The summed E-state index contributed by atoms with van der Waals surface area (Å²) in [7, 11) is 0. The van der Waals surface area contributed by atoms with Crippen LogP contribution in [0.15, 0.2) is 134 Å². The van der Waals surface area contributed by atoms with Gasteiger partial charge in [0, 0.05) is 11.9 Å². The molecular formula is C23H27N11. The molecule has 11 heteroatoms. The van der Waals surface area contributed by atoms with E-state index < -0.39 is 0 Å². The quantitative estimate of drug-likeness (QED) is 0.497. The number of anilines is 1. The van der Waals surface area contributed by atoms with Crippen molar-refractivity contribution in [2.24, 2.45) is 0 Å². The van der Waals surface area contributed by atoms with E-state index in [1.807, 2.05) is 72.8 Å². The molecule has 0 aliphatic carbocycles. The van der Waals surface area contributed by atoms with Crippen molar-refractivity contribution in [3.8, 4) is 0 Å². The van der Waals surface area contributed by atoms with Gasteiger partial charge in [-0.2, -0.15) is 10.3 Å². The van der Waals surface area contributed by atoms with E-state index in [2.05, 4.69) is 41.5 Å². The van der Waals surface area contributed by atoms with Crippen molar-refractivity contribution in [2.75, 3.05) is 11.6 Å². The molecule has 0 amide bonds. The molecule has 0 radical (unpaired) electrons. The number of aromatic amines is 1. The van der Waals surface area contributed by atoms with Gasteiger partial charge in [-0.05, 0) is 50.3 Å². The average molecular weight is 458 g/mol. The summed E-state index contributed by atoms with van der Waals surface area (Å²) in [6, 6.07) is 36.9. The highest BCUT2D eigenvalue weighted by molar-refractivity contribution is 5.33. The van der Waals surface area contributed by atoms with Crippen LogP contribution in [0, 0.1) is 0 Å². The second-order valence-corrected chi connectivity index (χ2v) is 5.73. The molecule has 0 aliphatic heterocycles. The summed E-state index contributed by atoms with van der Waals surface area (Å²) in [5.41, 5.74) is 6.50. The SMILES string of the molecule is Nc1ccccccccccccccccn[nH]n(N)nnnnnncccccc1. The molecule has 0 aromatic carbocycles. The monoisotopic (exact) mass is 457 g/mol. The molecule has 0 spiro atoms. The molecule has 0 atom stereocenters. The van der Waals surface area contributed by atoms with Crippen LogP contribution in [-0.4, -0.2) is 46.4 Å². The van der Waals surface area contributed by atoms with Crippen LogP contribution in [0.3, 0.4) is 0 Å². The van der Waals surface area contributed by atoms with Crippen LogP contribution in [0.25, 0.3) is 0 Å². The van der Waals surface area contributed by atoms with Crippen molar-refractivity contribution < 1.29 is 0 Å². The highest BCUT2D eigenvalue weighted by atomic mass is 15.7. The van der Waals surface area contributed by atoms with Crippen molar-refractivity contribution in [1.82, 2.24) is 46.4 Å². The third kappa shape index (κ3) is 18.8. The molecule has 0 bridgehead atoms. The highest BCUT2D eigenvalue weighted by Crippen LogP contribution is 1.92. The van der Waals surface area contributed by atoms with Gasteiger partial charge in [0.05, 0.1) is 6.20 Å². The van der Waals surface area contributed by atoms with E-state index in [1.165, 1.54) is 12.4 Å². The Hall–Kier alpha value is -5.19. The van der Waals surface area contributed by atoms with Crippen LogP contribution in [0.4, 0.5) is 5.69 Å². The third-order valence-electron chi connectivity index (χ3n) is 3.14. The zero-order chi connectivity index (χ0) is 24.4. The zero-order valence-corrected chi connectivity index (χ0v) is 18.4. The smallest absolute Gasteiger partial charge is 0.0514 e. The minimum Gasteiger partial charge on any atom is -0.399 e. The Morgan fingerprint density at radius 3 is 1.53 bits per heavy atom. The van der Waals surface area contributed by atoms with Crippen molar-refractivity contribution in [3.05, 3.63) is 134 Å². The zero-order valence-electron chi connectivity index (χ0n) is 18.4. The van der Waals surface area contributed by atoms with Crippen LogP contribution < -0.4 is 11.6 Å². The molecule has 0 unspecified atom stereocenters. The Morgan fingerprint density at radius 1 is 0.529 bits per heavy atom. The highest BCUT2D eigenvalue weighted by Gasteiger charge is 1.69. The molecule has 1 rings (SSSR count). The summed E-state index contributed by atoms with van der Waals surface area (Å²) >= 11 is 0.